The van der Waals surface area contributed by atoms with Crippen LogP contribution in [0.5, 0.6) is 0 Å². The highest BCUT2D eigenvalue weighted by molar-refractivity contribution is 6.06. The summed E-state index contributed by atoms with van der Waals surface area (Å²) in [5.74, 6) is 0.785. The third kappa shape index (κ3) is 2.32. The zero-order valence-corrected chi connectivity index (χ0v) is 12.6. The summed E-state index contributed by atoms with van der Waals surface area (Å²) in [6.45, 7) is 5.16. The Kier molecular flexibility index (Phi) is 3.16. The largest absolute Gasteiger partial charge is 0.325 e. The van der Waals surface area contributed by atoms with Gasteiger partial charge in [0.15, 0.2) is 5.82 Å². The summed E-state index contributed by atoms with van der Waals surface area (Å²) in [6.07, 6.45) is 3.31. The summed E-state index contributed by atoms with van der Waals surface area (Å²) in [5.41, 5.74) is -0.171. The van der Waals surface area contributed by atoms with Crippen LogP contribution in [0.2, 0.25) is 0 Å². The van der Waals surface area contributed by atoms with Gasteiger partial charge in [-0.05, 0) is 32.9 Å². The van der Waals surface area contributed by atoms with E-state index < -0.39 is 11.6 Å². The molecule has 0 saturated carbocycles. The van der Waals surface area contributed by atoms with Crippen LogP contribution in [0.1, 0.15) is 25.5 Å². The molecule has 2 aromatic rings. The van der Waals surface area contributed by atoms with Crippen molar-refractivity contribution in [3.8, 4) is 5.69 Å². The molecule has 114 valence electrons. The summed E-state index contributed by atoms with van der Waals surface area (Å²) in [5, 5.41) is 6.95. The smallest absolute Gasteiger partial charge is 0.324 e. The summed E-state index contributed by atoms with van der Waals surface area (Å²) < 4.78 is 1.59. The molecule has 0 unspecified atom stereocenters. The van der Waals surface area contributed by atoms with Crippen LogP contribution in [0.4, 0.5) is 4.79 Å². The second-order valence-corrected chi connectivity index (χ2v) is 5.64. The summed E-state index contributed by atoms with van der Waals surface area (Å²) in [4.78, 5) is 33.8. The lowest BCUT2D eigenvalue weighted by atomic mass is 10.1. The Morgan fingerprint density at radius 1 is 1.32 bits per heavy atom. The number of pyridine rings is 1. The average molecular weight is 300 g/mol. The van der Waals surface area contributed by atoms with E-state index in [1.165, 1.54) is 0 Å². The highest BCUT2D eigenvalue weighted by Gasteiger charge is 2.44. The molecular weight excluding hydrogens is 284 g/mol. The molecule has 0 radical (unpaired) electrons. The van der Waals surface area contributed by atoms with Crippen molar-refractivity contribution in [1.29, 1.82) is 0 Å². The first-order valence-corrected chi connectivity index (χ1v) is 6.85. The van der Waals surface area contributed by atoms with Crippen LogP contribution in [0.3, 0.4) is 0 Å². The first kappa shape index (κ1) is 14.2. The minimum Gasteiger partial charge on any atom is -0.324 e. The van der Waals surface area contributed by atoms with Gasteiger partial charge < -0.3 is 5.32 Å². The molecule has 2 aromatic heterocycles. The molecular formula is C14H16N6O2. The third-order valence-electron chi connectivity index (χ3n) is 3.41. The van der Waals surface area contributed by atoms with Crippen molar-refractivity contribution in [2.45, 2.75) is 32.9 Å². The van der Waals surface area contributed by atoms with Crippen molar-refractivity contribution >= 4 is 11.9 Å². The van der Waals surface area contributed by atoms with Crippen LogP contribution >= 0.6 is 0 Å². The van der Waals surface area contributed by atoms with E-state index in [9.17, 15) is 9.59 Å². The zero-order valence-electron chi connectivity index (χ0n) is 12.6. The Morgan fingerprint density at radius 3 is 2.68 bits per heavy atom. The van der Waals surface area contributed by atoms with Gasteiger partial charge in [-0.2, -0.15) is 5.10 Å². The third-order valence-corrected chi connectivity index (χ3v) is 3.41. The van der Waals surface area contributed by atoms with Gasteiger partial charge in [-0.3, -0.25) is 14.7 Å². The lowest BCUT2D eigenvalue weighted by Gasteiger charge is -2.15. The molecule has 0 bridgehead atoms. The highest BCUT2D eigenvalue weighted by Crippen LogP contribution is 2.19. The number of carbonyl (C=O) groups is 2. The maximum atomic E-state index is 12.3. The van der Waals surface area contributed by atoms with E-state index in [0.717, 1.165) is 10.6 Å². The van der Waals surface area contributed by atoms with Gasteiger partial charge >= 0.3 is 6.03 Å². The molecule has 1 fully saturated rings. The first-order valence-electron chi connectivity index (χ1n) is 6.85. The maximum absolute atomic E-state index is 12.3. The first-order chi connectivity index (χ1) is 10.4. The van der Waals surface area contributed by atoms with Crippen molar-refractivity contribution in [2.24, 2.45) is 0 Å². The number of aromatic nitrogens is 4. The molecule has 0 aliphatic carbocycles. The minimum atomic E-state index is -0.898. The number of hydrogen-bond donors (Lipinski definition) is 1. The Balaban J connectivity index is 1.94. The van der Waals surface area contributed by atoms with Gasteiger partial charge in [0, 0.05) is 6.20 Å². The lowest BCUT2D eigenvalue weighted by Crippen LogP contribution is -2.40. The van der Waals surface area contributed by atoms with Crippen LogP contribution in [-0.4, -0.2) is 42.1 Å². The van der Waals surface area contributed by atoms with Crippen molar-refractivity contribution in [3.63, 3.8) is 0 Å². The van der Waals surface area contributed by atoms with Gasteiger partial charge in [0.2, 0.25) is 0 Å². The fraction of sp³-hybridized carbons (Fsp3) is 0.357. The van der Waals surface area contributed by atoms with Crippen molar-refractivity contribution < 1.29 is 9.59 Å². The van der Waals surface area contributed by atoms with Gasteiger partial charge in [0.25, 0.3) is 5.91 Å². The molecule has 0 aromatic carbocycles. The number of urea groups is 1. The van der Waals surface area contributed by atoms with E-state index in [2.05, 4.69) is 20.4 Å². The van der Waals surface area contributed by atoms with Crippen LogP contribution < -0.4 is 5.32 Å². The molecule has 22 heavy (non-hydrogen) atoms. The number of nitrogens with zero attached hydrogens (tertiary/aromatic N) is 5. The lowest BCUT2D eigenvalue weighted by molar-refractivity contribution is -0.130. The van der Waals surface area contributed by atoms with E-state index in [1.807, 2.05) is 6.07 Å². The van der Waals surface area contributed by atoms with E-state index in [4.69, 9.17) is 0 Å². The number of nitrogens with one attached hydrogen (secondary N) is 1. The predicted molar refractivity (Wildman–Crippen MR) is 77.1 cm³/mol. The normalized spacial score (nSPS) is 17.0. The summed E-state index contributed by atoms with van der Waals surface area (Å²) >= 11 is 0. The van der Waals surface area contributed by atoms with E-state index in [0.29, 0.717) is 11.6 Å². The molecule has 0 spiro atoms. The molecule has 3 amide bonds. The van der Waals surface area contributed by atoms with Gasteiger partial charge in [-0.1, -0.05) is 0 Å². The SMILES string of the molecule is Cc1nc(CN2C(=O)NC(C)(C)C2=O)n(-c2cccnc2)n1. The molecule has 8 nitrogen and oxygen atoms in total. The van der Waals surface area contributed by atoms with Gasteiger partial charge in [-0.25, -0.2) is 14.5 Å². The number of hydrogen-bond acceptors (Lipinski definition) is 5. The van der Waals surface area contributed by atoms with Crippen LogP contribution in [-0.2, 0) is 11.3 Å². The minimum absolute atomic E-state index is 0.0594. The van der Waals surface area contributed by atoms with Crippen LogP contribution in [0, 0.1) is 6.92 Å². The summed E-state index contributed by atoms with van der Waals surface area (Å²) in [7, 11) is 0. The molecule has 1 aliphatic heterocycles. The number of imide groups is 1. The van der Waals surface area contributed by atoms with E-state index in [-0.39, 0.29) is 12.5 Å². The quantitative estimate of drug-likeness (QED) is 0.846. The number of rotatable bonds is 3. The van der Waals surface area contributed by atoms with Gasteiger partial charge in [0.05, 0.1) is 18.4 Å². The predicted octanol–water partition coefficient (Wildman–Crippen LogP) is 0.801. The highest BCUT2D eigenvalue weighted by atomic mass is 16.2. The number of amides is 3. The van der Waals surface area contributed by atoms with Crippen LogP contribution in [0.15, 0.2) is 24.5 Å². The number of aryl methyl sites for hydroxylation is 1. The molecule has 1 saturated heterocycles. The Morgan fingerprint density at radius 2 is 2.09 bits per heavy atom. The second-order valence-electron chi connectivity index (χ2n) is 5.64. The fourth-order valence-corrected chi connectivity index (χ4v) is 2.35. The van der Waals surface area contributed by atoms with Gasteiger partial charge in [-0.15, -0.1) is 0 Å². The second kappa shape index (κ2) is 4.90. The molecule has 1 aliphatic rings. The monoisotopic (exact) mass is 300 g/mol. The maximum Gasteiger partial charge on any atom is 0.325 e. The number of carbonyl (C=O) groups excluding carboxylic acids is 2. The van der Waals surface area contributed by atoms with E-state index in [1.54, 1.807) is 43.9 Å². The standard InChI is InChI=1S/C14H16N6O2/c1-9-16-11(20(18-9)10-5-4-6-15-7-10)8-19-12(21)14(2,3)17-13(19)22/h4-7H,8H2,1-3H3,(H,17,22). The zero-order chi connectivity index (χ0) is 15.9. The van der Waals surface area contributed by atoms with Gasteiger partial charge in [0.1, 0.15) is 11.4 Å². The van der Waals surface area contributed by atoms with Crippen molar-refractivity contribution in [1.82, 2.24) is 30.0 Å². The molecule has 3 heterocycles. The van der Waals surface area contributed by atoms with Crippen molar-refractivity contribution in [2.75, 3.05) is 0 Å². The average Bonchev–Trinajstić information content (AvgIpc) is 2.93. The topological polar surface area (TPSA) is 93.0 Å². The molecule has 0 atom stereocenters. The van der Waals surface area contributed by atoms with Crippen LogP contribution in [0.25, 0.3) is 5.69 Å². The molecule has 1 N–H and O–H groups in total. The molecule has 8 heteroatoms. The molecule has 3 rings (SSSR count). The van der Waals surface area contributed by atoms with E-state index >= 15 is 0 Å². The Hall–Kier alpha value is -2.77. The summed E-state index contributed by atoms with van der Waals surface area (Å²) in [6, 6.07) is 3.20. The van der Waals surface area contributed by atoms with Crippen molar-refractivity contribution in [3.05, 3.63) is 36.2 Å². The Bertz CT molecular complexity index is 737. The Labute approximate surface area is 127 Å². The fourth-order valence-electron chi connectivity index (χ4n) is 2.35.